The van der Waals surface area contributed by atoms with Crippen LogP contribution in [0.25, 0.3) is 22.0 Å². The summed E-state index contributed by atoms with van der Waals surface area (Å²) >= 11 is 7.46. The number of nitrogens with zero attached hydrogens (tertiary/aromatic N) is 2. The van der Waals surface area contributed by atoms with E-state index in [2.05, 4.69) is 10.1 Å². The van der Waals surface area contributed by atoms with Crippen molar-refractivity contribution in [1.82, 2.24) is 9.99 Å². The molecular formula is C27H20ClF2N3O4S. The summed E-state index contributed by atoms with van der Waals surface area (Å²) in [7, 11) is 0. The van der Waals surface area contributed by atoms with Crippen molar-refractivity contribution >= 4 is 51.4 Å². The highest BCUT2D eigenvalue weighted by Gasteiger charge is 2.49. The van der Waals surface area contributed by atoms with E-state index in [0.29, 0.717) is 32.2 Å². The zero-order valence-corrected chi connectivity index (χ0v) is 21.4. The molecule has 2 aromatic carbocycles. The van der Waals surface area contributed by atoms with Gasteiger partial charge in [-0.1, -0.05) is 53.6 Å². The van der Waals surface area contributed by atoms with Gasteiger partial charge in [0.1, 0.15) is 6.42 Å². The van der Waals surface area contributed by atoms with E-state index in [1.165, 1.54) is 11.3 Å². The van der Waals surface area contributed by atoms with E-state index >= 15 is 0 Å². The largest absolute Gasteiger partial charge is 0.481 e. The van der Waals surface area contributed by atoms with E-state index in [0.717, 1.165) is 10.9 Å². The number of fused-ring (bicyclic) bond motifs is 1. The Kier molecular flexibility index (Phi) is 6.62. The first kappa shape index (κ1) is 25.7. The van der Waals surface area contributed by atoms with Crippen molar-refractivity contribution in [2.75, 3.05) is 0 Å². The van der Waals surface area contributed by atoms with Crippen LogP contribution in [0.15, 0.2) is 69.2 Å². The number of alkyl halides is 2. The minimum absolute atomic E-state index is 0.0305. The quantitative estimate of drug-likeness (QED) is 0.304. The molecule has 0 fully saturated rings. The molecule has 1 atom stereocenters. The molecule has 0 bridgehead atoms. The first-order valence-electron chi connectivity index (χ1n) is 11.5. The lowest BCUT2D eigenvalue weighted by molar-refractivity contribution is -0.167. The number of amides is 1. The number of carbonyl (C=O) groups excluding carboxylic acids is 1. The van der Waals surface area contributed by atoms with Crippen molar-refractivity contribution in [2.24, 2.45) is 5.10 Å². The second-order valence-electron chi connectivity index (χ2n) is 9.01. The number of aryl methyl sites for hydroxylation is 1. The molecule has 1 unspecified atom stereocenters. The van der Waals surface area contributed by atoms with E-state index in [1.54, 1.807) is 53.9 Å². The Hall–Kier alpha value is -3.89. The number of thiophene rings is 1. The van der Waals surface area contributed by atoms with Crippen molar-refractivity contribution in [2.45, 2.75) is 31.7 Å². The van der Waals surface area contributed by atoms with Gasteiger partial charge in [-0.25, -0.2) is 5.01 Å². The third-order valence-corrected chi connectivity index (χ3v) is 7.34. The van der Waals surface area contributed by atoms with Crippen molar-refractivity contribution < 1.29 is 23.5 Å². The number of rotatable bonds is 6. The highest BCUT2D eigenvalue weighted by atomic mass is 35.5. The Bertz CT molecular complexity index is 1650. The number of hydrogen-bond acceptors (Lipinski definition) is 5. The molecule has 2 aromatic heterocycles. The molecule has 1 aliphatic heterocycles. The number of H-pyrrole nitrogens is 1. The second kappa shape index (κ2) is 9.77. The highest BCUT2D eigenvalue weighted by Crippen LogP contribution is 2.39. The third-order valence-electron chi connectivity index (χ3n) is 6.34. The molecule has 0 spiro atoms. The monoisotopic (exact) mass is 555 g/mol. The van der Waals surface area contributed by atoms with Crippen LogP contribution in [-0.4, -0.2) is 38.6 Å². The predicted octanol–water partition coefficient (Wildman–Crippen LogP) is 6.01. The van der Waals surface area contributed by atoms with Gasteiger partial charge in [-0.2, -0.15) is 13.9 Å². The molecule has 5 rings (SSSR count). The topological polar surface area (TPSA) is 103 Å². The van der Waals surface area contributed by atoms with Crippen LogP contribution in [0, 0.1) is 6.92 Å². The third kappa shape index (κ3) is 4.72. The lowest BCUT2D eigenvalue weighted by atomic mass is 9.91. The number of pyridine rings is 1. The van der Waals surface area contributed by atoms with Crippen molar-refractivity contribution in [3.05, 3.63) is 91.4 Å². The zero-order valence-electron chi connectivity index (χ0n) is 19.9. The van der Waals surface area contributed by atoms with Crippen LogP contribution < -0.4 is 5.56 Å². The van der Waals surface area contributed by atoms with E-state index in [1.807, 2.05) is 12.3 Å². The Morgan fingerprint density at radius 2 is 1.82 bits per heavy atom. The molecule has 194 valence electrons. The van der Waals surface area contributed by atoms with Gasteiger partial charge in [0.2, 0.25) is 0 Å². The standard InChI is InChI=1S/C27H20ClF2N3O4S/c1-14-2-4-15(5-3-14)21-10-19(32-33(21)26(37)27(29,30)11-22(34)35)24-23(16-6-8-17(28)9-7-16)18-12-38-13-20(18)31-25(24)36/h2-9,12-13,21H,10-11H2,1H3,(H,31,36)(H,34,35). The molecule has 2 N–H and O–H groups in total. The molecule has 3 heterocycles. The average Bonchev–Trinajstić information content (AvgIpc) is 3.50. The van der Waals surface area contributed by atoms with Gasteiger partial charge in [0, 0.05) is 33.2 Å². The Labute approximate surface area is 224 Å². The molecule has 7 nitrogen and oxygen atoms in total. The summed E-state index contributed by atoms with van der Waals surface area (Å²) in [5, 5.41) is 18.7. The van der Waals surface area contributed by atoms with Gasteiger partial charge in [-0.15, -0.1) is 11.3 Å². The number of aliphatic carboxylic acids is 1. The van der Waals surface area contributed by atoms with Gasteiger partial charge in [0.25, 0.3) is 5.56 Å². The van der Waals surface area contributed by atoms with Crippen LogP contribution >= 0.6 is 22.9 Å². The maximum atomic E-state index is 14.7. The molecule has 0 aliphatic carbocycles. The van der Waals surface area contributed by atoms with E-state index in [4.69, 9.17) is 16.7 Å². The molecular weight excluding hydrogens is 536 g/mol. The fourth-order valence-corrected chi connectivity index (χ4v) is 5.44. The van der Waals surface area contributed by atoms with Crippen LogP contribution in [0.3, 0.4) is 0 Å². The minimum Gasteiger partial charge on any atom is -0.481 e. The van der Waals surface area contributed by atoms with E-state index < -0.39 is 35.8 Å². The average molecular weight is 556 g/mol. The number of hydrogen-bond donors (Lipinski definition) is 2. The summed E-state index contributed by atoms with van der Waals surface area (Å²) in [6.07, 6.45) is -1.71. The fraction of sp³-hybridized carbons (Fsp3) is 0.185. The van der Waals surface area contributed by atoms with Crippen LogP contribution in [0.4, 0.5) is 8.78 Å². The van der Waals surface area contributed by atoms with Crippen molar-refractivity contribution in [3.8, 4) is 11.1 Å². The van der Waals surface area contributed by atoms with Gasteiger partial charge in [-0.05, 0) is 30.2 Å². The molecule has 4 aromatic rings. The molecule has 1 aliphatic rings. The number of carbonyl (C=O) groups is 2. The SMILES string of the molecule is Cc1ccc(C2CC(c3c(-c4ccc(Cl)cc4)c4cscc4[nH]c3=O)=NN2C(=O)C(F)(F)CC(=O)O)cc1. The highest BCUT2D eigenvalue weighted by molar-refractivity contribution is 7.09. The number of hydrazone groups is 1. The fourth-order valence-electron chi connectivity index (χ4n) is 4.54. The lowest BCUT2D eigenvalue weighted by Crippen LogP contribution is -2.42. The Morgan fingerprint density at radius 3 is 2.47 bits per heavy atom. The van der Waals surface area contributed by atoms with Crippen LogP contribution in [-0.2, 0) is 9.59 Å². The van der Waals surface area contributed by atoms with Crippen LogP contribution in [0.5, 0.6) is 0 Å². The van der Waals surface area contributed by atoms with Crippen molar-refractivity contribution in [1.29, 1.82) is 0 Å². The minimum atomic E-state index is -4.20. The molecule has 11 heteroatoms. The predicted molar refractivity (Wildman–Crippen MR) is 142 cm³/mol. The summed E-state index contributed by atoms with van der Waals surface area (Å²) in [6.45, 7) is 1.86. The second-order valence-corrected chi connectivity index (χ2v) is 10.2. The number of aromatic nitrogens is 1. The number of carboxylic acid groups (broad SMARTS) is 1. The lowest BCUT2D eigenvalue weighted by Gasteiger charge is -2.25. The van der Waals surface area contributed by atoms with Crippen LogP contribution in [0.2, 0.25) is 5.02 Å². The van der Waals surface area contributed by atoms with Gasteiger partial charge >= 0.3 is 17.8 Å². The van der Waals surface area contributed by atoms with Gasteiger partial charge in [0.05, 0.1) is 22.8 Å². The summed E-state index contributed by atoms with van der Waals surface area (Å²) < 4.78 is 29.4. The number of benzene rings is 2. The van der Waals surface area contributed by atoms with E-state index in [-0.39, 0.29) is 17.7 Å². The molecule has 0 radical (unpaired) electrons. The Morgan fingerprint density at radius 1 is 1.13 bits per heavy atom. The molecule has 0 saturated carbocycles. The van der Waals surface area contributed by atoms with Crippen LogP contribution in [0.1, 0.15) is 35.6 Å². The summed E-state index contributed by atoms with van der Waals surface area (Å²) in [4.78, 5) is 40.2. The maximum Gasteiger partial charge on any atom is 0.337 e. The number of aromatic amines is 1. The first-order chi connectivity index (χ1) is 18.0. The Balaban J connectivity index is 1.70. The van der Waals surface area contributed by atoms with Gasteiger partial charge in [0.15, 0.2) is 0 Å². The molecule has 1 amide bonds. The van der Waals surface area contributed by atoms with E-state index in [9.17, 15) is 23.2 Å². The number of halogens is 3. The summed E-state index contributed by atoms with van der Waals surface area (Å²) in [5.41, 5.74) is 3.03. The summed E-state index contributed by atoms with van der Waals surface area (Å²) in [6, 6.07) is 12.8. The first-order valence-corrected chi connectivity index (χ1v) is 12.8. The molecule has 0 saturated heterocycles. The van der Waals surface area contributed by atoms with Crippen molar-refractivity contribution in [3.63, 3.8) is 0 Å². The normalized spacial score (nSPS) is 15.6. The van der Waals surface area contributed by atoms with Gasteiger partial charge in [-0.3, -0.25) is 14.4 Å². The number of nitrogens with one attached hydrogen (secondary N) is 1. The molecule has 38 heavy (non-hydrogen) atoms. The van der Waals surface area contributed by atoms with Gasteiger partial charge < -0.3 is 10.1 Å². The zero-order chi connectivity index (χ0) is 27.2. The summed E-state index contributed by atoms with van der Waals surface area (Å²) in [5.74, 6) is -7.76. The number of carboxylic acids is 1. The maximum absolute atomic E-state index is 14.7. The smallest absolute Gasteiger partial charge is 0.337 e.